The summed E-state index contributed by atoms with van der Waals surface area (Å²) in [7, 11) is 0. The van der Waals surface area contributed by atoms with Gasteiger partial charge in [0.05, 0.1) is 12.2 Å². The predicted molar refractivity (Wildman–Crippen MR) is 60.0 cm³/mol. The van der Waals surface area contributed by atoms with Gasteiger partial charge in [-0.1, -0.05) is 13.3 Å². The van der Waals surface area contributed by atoms with E-state index in [1.165, 1.54) is 17.7 Å². The van der Waals surface area contributed by atoms with E-state index in [0.29, 0.717) is 6.04 Å². The Morgan fingerprint density at radius 1 is 1.47 bits per heavy atom. The summed E-state index contributed by atoms with van der Waals surface area (Å²) < 4.78 is 7.62. The maximum atomic E-state index is 5.39. The van der Waals surface area contributed by atoms with Crippen LogP contribution in [0.3, 0.4) is 0 Å². The number of aromatic nitrogens is 2. The Bertz CT molecular complexity index is 313. The molecular weight excluding hydrogens is 188 g/mol. The number of hydrogen-bond acceptors (Lipinski definition) is 2. The molecule has 1 aliphatic rings. The van der Waals surface area contributed by atoms with Gasteiger partial charge in [-0.05, 0) is 31.7 Å². The number of ether oxygens (including phenoxy) is 1. The maximum absolute atomic E-state index is 5.39. The van der Waals surface area contributed by atoms with Crippen molar-refractivity contribution in [3.8, 4) is 0 Å². The molecule has 1 aromatic rings. The highest BCUT2D eigenvalue weighted by atomic mass is 16.5. The minimum Gasteiger partial charge on any atom is -0.381 e. The third-order valence-corrected chi connectivity index (χ3v) is 3.13. The normalized spacial score (nSPS) is 18.3. The second-order valence-corrected chi connectivity index (χ2v) is 4.31. The van der Waals surface area contributed by atoms with Crippen LogP contribution in [0.15, 0.2) is 6.20 Å². The van der Waals surface area contributed by atoms with Crippen LogP contribution in [0.2, 0.25) is 0 Å². The zero-order chi connectivity index (χ0) is 10.7. The SMILES string of the molecule is CCCc1c(C)cnn1C1CCOCC1. The monoisotopic (exact) mass is 208 g/mol. The van der Waals surface area contributed by atoms with Gasteiger partial charge in [0.15, 0.2) is 0 Å². The Morgan fingerprint density at radius 3 is 2.87 bits per heavy atom. The van der Waals surface area contributed by atoms with Gasteiger partial charge in [0.1, 0.15) is 0 Å². The first-order valence-electron chi connectivity index (χ1n) is 5.93. The Morgan fingerprint density at radius 2 is 2.20 bits per heavy atom. The zero-order valence-corrected chi connectivity index (χ0v) is 9.70. The molecule has 0 aliphatic carbocycles. The van der Waals surface area contributed by atoms with Gasteiger partial charge in [-0.2, -0.15) is 5.10 Å². The van der Waals surface area contributed by atoms with E-state index >= 15 is 0 Å². The first-order chi connectivity index (χ1) is 7.33. The van der Waals surface area contributed by atoms with Gasteiger partial charge < -0.3 is 4.74 Å². The zero-order valence-electron chi connectivity index (χ0n) is 9.70. The van der Waals surface area contributed by atoms with Crippen molar-refractivity contribution in [3.05, 3.63) is 17.5 Å². The summed E-state index contributed by atoms with van der Waals surface area (Å²) in [6.45, 7) is 6.15. The first kappa shape index (κ1) is 10.7. The van der Waals surface area contributed by atoms with E-state index in [2.05, 4.69) is 23.6 Å². The van der Waals surface area contributed by atoms with Gasteiger partial charge in [0.2, 0.25) is 0 Å². The van der Waals surface area contributed by atoms with E-state index in [4.69, 9.17) is 4.74 Å². The molecule has 3 nitrogen and oxygen atoms in total. The van der Waals surface area contributed by atoms with Gasteiger partial charge in [0, 0.05) is 18.9 Å². The summed E-state index contributed by atoms with van der Waals surface area (Å²) in [5, 5.41) is 4.52. The minimum atomic E-state index is 0.564. The van der Waals surface area contributed by atoms with Crippen LogP contribution in [-0.4, -0.2) is 23.0 Å². The number of nitrogens with zero attached hydrogens (tertiary/aromatic N) is 2. The molecule has 0 aromatic carbocycles. The Hall–Kier alpha value is -0.830. The molecule has 0 saturated carbocycles. The smallest absolute Gasteiger partial charge is 0.0566 e. The molecule has 0 bridgehead atoms. The minimum absolute atomic E-state index is 0.564. The van der Waals surface area contributed by atoms with Gasteiger partial charge in [0.25, 0.3) is 0 Å². The van der Waals surface area contributed by atoms with Crippen molar-refractivity contribution in [2.75, 3.05) is 13.2 Å². The molecule has 15 heavy (non-hydrogen) atoms. The fourth-order valence-corrected chi connectivity index (χ4v) is 2.27. The van der Waals surface area contributed by atoms with Crippen LogP contribution in [0.1, 0.15) is 43.5 Å². The van der Waals surface area contributed by atoms with Crippen LogP contribution in [0.5, 0.6) is 0 Å². The molecule has 0 radical (unpaired) electrons. The summed E-state index contributed by atoms with van der Waals surface area (Å²) in [5.74, 6) is 0. The third kappa shape index (κ3) is 2.23. The average Bonchev–Trinajstić information content (AvgIpc) is 2.63. The molecule has 1 aliphatic heterocycles. The molecule has 1 aromatic heterocycles. The largest absolute Gasteiger partial charge is 0.381 e. The van der Waals surface area contributed by atoms with E-state index < -0.39 is 0 Å². The Balaban J connectivity index is 2.18. The highest BCUT2D eigenvalue weighted by Gasteiger charge is 2.19. The molecule has 1 fully saturated rings. The summed E-state index contributed by atoms with van der Waals surface area (Å²) in [6.07, 6.45) is 6.55. The van der Waals surface area contributed by atoms with Crippen molar-refractivity contribution in [2.45, 2.75) is 45.6 Å². The van der Waals surface area contributed by atoms with Crippen molar-refractivity contribution >= 4 is 0 Å². The van der Waals surface area contributed by atoms with Crippen LogP contribution in [-0.2, 0) is 11.2 Å². The van der Waals surface area contributed by atoms with Crippen LogP contribution in [0, 0.1) is 6.92 Å². The molecule has 0 N–H and O–H groups in total. The molecule has 2 heterocycles. The van der Waals surface area contributed by atoms with E-state index in [0.717, 1.165) is 32.5 Å². The lowest BCUT2D eigenvalue weighted by atomic mass is 10.1. The van der Waals surface area contributed by atoms with Gasteiger partial charge in [-0.15, -0.1) is 0 Å². The van der Waals surface area contributed by atoms with Gasteiger partial charge in [-0.3, -0.25) is 4.68 Å². The maximum Gasteiger partial charge on any atom is 0.0566 e. The number of hydrogen-bond donors (Lipinski definition) is 0. The molecule has 1 saturated heterocycles. The fourth-order valence-electron chi connectivity index (χ4n) is 2.27. The van der Waals surface area contributed by atoms with Crippen molar-refractivity contribution in [2.24, 2.45) is 0 Å². The quantitative estimate of drug-likeness (QED) is 0.763. The summed E-state index contributed by atoms with van der Waals surface area (Å²) >= 11 is 0. The van der Waals surface area contributed by atoms with E-state index in [-0.39, 0.29) is 0 Å². The molecule has 3 heteroatoms. The number of rotatable bonds is 3. The summed E-state index contributed by atoms with van der Waals surface area (Å²) in [4.78, 5) is 0. The van der Waals surface area contributed by atoms with E-state index in [1.807, 2.05) is 6.20 Å². The highest BCUT2D eigenvalue weighted by molar-refractivity contribution is 5.16. The fraction of sp³-hybridized carbons (Fsp3) is 0.750. The molecule has 0 spiro atoms. The van der Waals surface area contributed by atoms with Crippen molar-refractivity contribution in [3.63, 3.8) is 0 Å². The van der Waals surface area contributed by atoms with Crippen molar-refractivity contribution in [1.29, 1.82) is 0 Å². The second-order valence-electron chi connectivity index (χ2n) is 4.31. The summed E-state index contributed by atoms with van der Waals surface area (Å²) in [6, 6.07) is 0.564. The highest BCUT2D eigenvalue weighted by Crippen LogP contribution is 2.23. The molecule has 0 unspecified atom stereocenters. The summed E-state index contributed by atoms with van der Waals surface area (Å²) in [5.41, 5.74) is 2.76. The average molecular weight is 208 g/mol. The topological polar surface area (TPSA) is 27.1 Å². The number of aryl methyl sites for hydroxylation is 1. The second kappa shape index (κ2) is 4.79. The lowest BCUT2D eigenvalue weighted by molar-refractivity contribution is 0.0654. The Kier molecular flexibility index (Phi) is 3.41. The third-order valence-electron chi connectivity index (χ3n) is 3.13. The van der Waals surface area contributed by atoms with Gasteiger partial charge >= 0.3 is 0 Å². The van der Waals surface area contributed by atoms with Gasteiger partial charge in [-0.25, -0.2) is 0 Å². The Labute approximate surface area is 91.4 Å². The van der Waals surface area contributed by atoms with E-state index in [1.54, 1.807) is 0 Å². The van der Waals surface area contributed by atoms with Crippen LogP contribution >= 0.6 is 0 Å². The predicted octanol–water partition coefficient (Wildman–Crippen LogP) is 2.50. The molecule has 2 rings (SSSR count). The molecular formula is C12H20N2O. The van der Waals surface area contributed by atoms with Crippen molar-refractivity contribution in [1.82, 2.24) is 9.78 Å². The molecule has 0 amide bonds. The van der Waals surface area contributed by atoms with Crippen LogP contribution in [0.4, 0.5) is 0 Å². The van der Waals surface area contributed by atoms with Crippen molar-refractivity contribution < 1.29 is 4.74 Å². The standard InChI is InChI=1S/C12H20N2O/c1-3-4-12-10(2)9-13-14(12)11-5-7-15-8-6-11/h9,11H,3-8H2,1-2H3. The van der Waals surface area contributed by atoms with Crippen LogP contribution < -0.4 is 0 Å². The van der Waals surface area contributed by atoms with Crippen LogP contribution in [0.25, 0.3) is 0 Å². The van der Waals surface area contributed by atoms with E-state index in [9.17, 15) is 0 Å². The molecule has 84 valence electrons. The first-order valence-corrected chi connectivity index (χ1v) is 5.93. The lowest BCUT2D eigenvalue weighted by Gasteiger charge is -2.24. The molecule has 0 atom stereocenters. The lowest BCUT2D eigenvalue weighted by Crippen LogP contribution is -2.22.